The number of aromatic nitrogens is 4. The number of primary amides is 1. The van der Waals surface area contributed by atoms with Gasteiger partial charge in [-0.1, -0.05) is 12.1 Å². The van der Waals surface area contributed by atoms with Crippen molar-refractivity contribution in [3.63, 3.8) is 0 Å². The molecule has 35 heavy (non-hydrogen) atoms. The number of nitrogens with two attached hydrogens (primary N) is 1. The van der Waals surface area contributed by atoms with Crippen LogP contribution >= 0.6 is 0 Å². The number of carbonyl (C=O) groups excluding carboxylic acids is 2. The van der Waals surface area contributed by atoms with Crippen LogP contribution in [0.25, 0.3) is 0 Å². The summed E-state index contributed by atoms with van der Waals surface area (Å²) in [4.78, 5) is 35.9. The summed E-state index contributed by atoms with van der Waals surface area (Å²) < 4.78 is 1.64. The molecule has 182 valence electrons. The van der Waals surface area contributed by atoms with Crippen molar-refractivity contribution in [2.45, 2.75) is 50.6 Å². The Morgan fingerprint density at radius 1 is 1.09 bits per heavy atom. The van der Waals surface area contributed by atoms with Gasteiger partial charge in [0.15, 0.2) is 11.5 Å². The summed E-state index contributed by atoms with van der Waals surface area (Å²) in [7, 11) is 1.80. The Kier molecular flexibility index (Phi) is 6.10. The zero-order valence-electron chi connectivity index (χ0n) is 19.9. The van der Waals surface area contributed by atoms with Crippen LogP contribution in [0, 0.1) is 0 Å². The SMILES string of the molecule is CC1CC[C@@H](NC(=O)c2ccc(C3CC3)cc2)CN1c1cnc(C(N)=O)c(Nc2cnn(C)c2)n1. The molecule has 0 radical (unpaired) electrons. The molecule has 2 atom stereocenters. The maximum Gasteiger partial charge on any atom is 0.271 e. The zero-order chi connectivity index (χ0) is 24.5. The van der Waals surface area contributed by atoms with Gasteiger partial charge >= 0.3 is 0 Å². The third kappa shape index (κ3) is 5.11. The number of piperidine rings is 1. The number of anilines is 3. The Hall–Kier alpha value is -3.95. The van der Waals surface area contributed by atoms with E-state index in [1.54, 1.807) is 30.3 Å². The molecule has 2 amide bonds. The molecule has 5 rings (SSSR count). The monoisotopic (exact) mass is 474 g/mol. The highest BCUT2D eigenvalue weighted by atomic mass is 16.2. The Labute approximate surface area is 203 Å². The highest BCUT2D eigenvalue weighted by molar-refractivity contribution is 5.96. The van der Waals surface area contributed by atoms with Crippen molar-refractivity contribution >= 4 is 29.1 Å². The second-order valence-corrected chi connectivity index (χ2v) is 9.46. The van der Waals surface area contributed by atoms with E-state index in [0.717, 1.165) is 12.8 Å². The molecule has 2 fully saturated rings. The molecule has 1 aromatic carbocycles. The number of benzene rings is 1. The van der Waals surface area contributed by atoms with Crippen LogP contribution in [0.4, 0.5) is 17.3 Å². The fourth-order valence-corrected chi connectivity index (χ4v) is 4.54. The Morgan fingerprint density at radius 2 is 1.86 bits per heavy atom. The van der Waals surface area contributed by atoms with E-state index in [2.05, 4.69) is 49.7 Å². The molecule has 1 aliphatic carbocycles. The number of carbonyl (C=O) groups is 2. The predicted octanol–water partition coefficient (Wildman–Crippen LogP) is 2.72. The molecular weight excluding hydrogens is 444 g/mol. The van der Waals surface area contributed by atoms with Crippen LogP contribution in [0.15, 0.2) is 42.9 Å². The van der Waals surface area contributed by atoms with Gasteiger partial charge in [0.25, 0.3) is 11.8 Å². The molecule has 2 aromatic heterocycles. The van der Waals surface area contributed by atoms with E-state index in [1.807, 2.05) is 12.1 Å². The van der Waals surface area contributed by atoms with Gasteiger partial charge in [0, 0.05) is 37.4 Å². The summed E-state index contributed by atoms with van der Waals surface area (Å²) in [6.07, 6.45) is 9.20. The molecule has 2 aliphatic rings. The predicted molar refractivity (Wildman–Crippen MR) is 133 cm³/mol. The van der Waals surface area contributed by atoms with Crippen LogP contribution < -0.4 is 21.3 Å². The van der Waals surface area contributed by atoms with Crippen molar-refractivity contribution in [3.8, 4) is 0 Å². The summed E-state index contributed by atoms with van der Waals surface area (Å²) in [6.45, 7) is 2.70. The van der Waals surface area contributed by atoms with Gasteiger partial charge in [-0.3, -0.25) is 14.3 Å². The second-order valence-electron chi connectivity index (χ2n) is 9.46. The van der Waals surface area contributed by atoms with Gasteiger partial charge in [-0.05, 0) is 56.2 Å². The highest BCUT2D eigenvalue weighted by Gasteiger charge is 2.29. The molecule has 10 nitrogen and oxygen atoms in total. The fourth-order valence-electron chi connectivity index (χ4n) is 4.54. The maximum absolute atomic E-state index is 12.9. The van der Waals surface area contributed by atoms with Gasteiger partial charge in [0.1, 0.15) is 5.82 Å². The minimum Gasteiger partial charge on any atom is -0.364 e. The lowest BCUT2D eigenvalue weighted by molar-refractivity contribution is 0.0930. The first kappa shape index (κ1) is 22.8. The summed E-state index contributed by atoms with van der Waals surface area (Å²) in [5.74, 6) is 0.819. The Morgan fingerprint density at radius 3 is 2.51 bits per heavy atom. The van der Waals surface area contributed by atoms with E-state index in [4.69, 9.17) is 5.73 Å². The van der Waals surface area contributed by atoms with E-state index >= 15 is 0 Å². The van der Waals surface area contributed by atoms with Gasteiger partial charge in [-0.25, -0.2) is 9.97 Å². The highest BCUT2D eigenvalue weighted by Crippen LogP contribution is 2.39. The van der Waals surface area contributed by atoms with Gasteiger partial charge < -0.3 is 21.3 Å². The largest absolute Gasteiger partial charge is 0.364 e. The zero-order valence-corrected chi connectivity index (χ0v) is 19.9. The lowest BCUT2D eigenvalue weighted by Crippen LogP contribution is -2.51. The molecule has 1 unspecified atom stereocenters. The topological polar surface area (TPSA) is 131 Å². The minimum atomic E-state index is -0.667. The lowest BCUT2D eigenvalue weighted by atomic mass is 9.99. The first-order valence-corrected chi connectivity index (χ1v) is 12.0. The van der Waals surface area contributed by atoms with Gasteiger partial charge in [-0.15, -0.1) is 0 Å². The van der Waals surface area contributed by atoms with Crippen molar-refractivity contribution in [3.05, 3.63) is 59.7 Å². The van der Waals surface area contributed by atoms with Crippen molar-refractivity contribution in [2.75, 3.05) is 16.8 Å². The van der Waals surface area contributed by atoms with Gasteiger partial charge in [0.05, 0.1) is 18.1 Å². The van der Waals surface area contributed by atoms with Crippen molar-refractivity contribution < 1.29 is 9.59 Å². The third-order valence-corrected chi connectivity index (χ3v) is 6.69. The van der Waals surface area contributed by atoms with Crippen LogP contribution in [0.5, 0.6) is 0 Å². The third-order valence-electron chi connectivity index (χ3n) is 6.69. The molecule has 4 N–H and O–H groups in total. The molecule has 3 aromatic rings. The quantitative estimate of drug-likeness (QED) is 0.480. The van der Waals surface area contributed by atoms with Crippen LogP contribution in [0.1, 0.15) is 64.9 Å². The number of hydrogen-bond donors (Lipinski definition) is 3. The maximum atomic E-state index is 12.9. The molecular formula is C25H30N8O2. The molecule has 1 saturated carbocycles. The average molecular weight is 475 g/mol. The first-order valence-electron chi connectivity index (χ1n) is 12.0. The number of nitrogens with one attached hydrogen (secondary N) is 2. The van der Waals surface area contributed by atoms with E-state index in [9.17, 15) is 9.59 Å². The van der Waals surface area contributed by atoms with Crippen LogP contribution in [0.2, 0.25) is 0 Å². The standard InChI is InChI=1S/C25H30N8O2/c1-15-3-10-19(30-25(35)18-8-6-17(7-9-18)16-4-5-16)14-33(15)21-12-27-22(23(26)34)24(31-21)29-20-11-28-32(2)13-20/h6-9,11-13,15-16,19H,3-5,10,14H2,1-2H3,(H2,26,34)(H,29,31)(H,30,35)/t15?,19-/m1/s1. The molecule has 10 heteroatoms. The molecule has 1 saturated heterocycles. The Balaban J connectivity index is 1.31. The van der Waals surface area contributed by atoms with Crippen LogP contribution in [-0.2, 0) is 7.05 Å². The smallest absolute Gasteiger partial charge is 0.271 e. The summed E-state index contributed by atoms with van der Waals surface area (Å²) in [6, 6.07) is 8.12. The van der Waals surface area contributed by atoms with Crippen molar-refractivity contribution in [2.24, 2.45) is 12.8 Å². The average Bonchev–Trinajstić information content (AvgIpc) is 3.62. The second kappa shape index (κ2) is 9.36. The minimum absolute atomic E-state index is 0.0332. The van der Waals surface area contributed by atoms with Crippen molar-refractivity contribution in [1.29, 1.82) is 0 Å². The van der Waals surface area contributed by atoms with Gasteiger partial charge in [0.2, 0.25) is 0 Å². The number of amides is 2. The molecule has 1 aliphatic heterocycles. The molecule has 3 heterocycles. The first-order chi connectivity index (χ1) is 16.9. The van der Waals surface area contributed by atoms with Crippen LogP contribution in [-0.4, -0.2) is 50.2 Å². The fraction of sp³-hybridized carbons (Fsp3) is 0.400. The summed E-state index contributed by atoms with van der Waals surface area (Å²) in [5.41, 5.74) is 8.24. The molecule has 0 spiro atoms. The molecule has 0 bridgehead atoms. The number of rotatable bonds is 7. The van der Waals surface area contributed by atoms with E-state index < -0.39 is 5.91 Å². The lowest BCUT2D eigenvalue weighted by Gasteiger charge is -2.39. The van der Waals surface area contributed by atoms with Crippen molar-refractivity contribution in [1.82, 2.24) is 25.1 Å². The number of nitrogens with zero attached hydrogens (tertiary/aromatic N) is 5. The number of hydrogen-bond acceptors (Lipinski definition) is 7. The number of aryl methyl sites for hydroxylation is 1. The van der Waals surface area contributed by atoms with E-state index in [1.165, 1.54) is 18.4 Å². The summed E-state index contributed by atoms with van der Waals surface area (Å²) >= 11 is 0. The van der Waals surface area contributed by atoms with E-state index in [-0.39, 0.29) is 29.5 Å². The summed E-state index contributed by atoms with van der Waals surface area (Å²) in [5, 5.41) is 10.4. The Bertz CT molecular complexity index is 1230. The van der Waals surface area contributed by atoms with Crippen LogP contribution in [0.3, 0.4) is 0 Å². The van der Waals surface area contributed by atoms with Gasteiger partial charge in [-0.2, -0.15) is 5.10 Å². The van der Waals surface area contributed by atoms with E-state index in [0.29, 0.717) is 29.5 Å². The normalized spacial score (nSPS) is 19.9.